The topological polar surface area (TPSA) is 58.6 Å². The van der Waals surface area contributed by atoms with E-state index in [0.717, 1.165) is 28.7 Å². The average molecular weight is 476 g/mol. The molecule has 0 radical (unpaired) electrons. The number of aryl methyl sites for hydroxylation is 1. The van der Waals surface area contributed by atoms with Crippen molar-refractivity contribution in [2.45, 2.75) is 17.9 Å². The lowest BCUT2D eigenvalue weighted by Gasteiger charge is -2.31. The summed E-state index contributed by atoms with van der Waals surface area (Å²) in [5.74, 6) is 0. The molecule has 8 heteroatoms. The van der Waals surface area contributed by atoms with Crippen LogP contribution in [0.5, 0.6) is 0 Å². The van der Waals surface area contributed by atoms with Crippen molar-refractivity contribution >= 4 is 38.4 Å². The summed E-state index contributed by atoms with van der Waals surface area (Å²) in [6.45, 7) is 5.47. The summed E-state index contributed by atoms with van der Waals surface area (Å²) in [5, 5.41) is 0. The maximum absolute atomic E-state index is 13.0. The normalized spacial score (nSPS) is 16.5. The molecule has 0 bridgehead atoms. The molecule has 0 amide bonds. The molecule has 5 nitrogen and oxygen atoms in total. The molecule has 148 valence electrons. The van der Waals surface area contributed by atoms with Gasteiger partial charge in [0.05, 0.1) is 24.2 Å². The van der Waals surface area contributed by atoms with Crippen molar-refractivity contribution in [3.8, 4) is 0 Å². The maximum Gasteiger partial charge on any atom is 0.241 e. The molecule has 1 saturated heterocycles. The third-order valence-corrected chi connectivity index (χ3v) is 6.84. The third-order valence-electron chi connectivity index (χ3n) is 4.48. The van der Waals surface area contributed by atoms with Crippen molar-refractivity contribution in [2.75, 3.05) is 32.8 Å². The molecule has 27 heavy (non-hydrogen) atoms. The lowest BCUT2D eigenvalue weighted by atomic mass is 10.1. The van der Waals surface area contributed by atoms with Crippen molar-refractivity contribution in [1.82, 2.24) is 9.62 Å². The molecule has 0 aromatic heterocycles. The van der Waals surface area contributed by atoms with E-state index < -0.39 is 10.0 Å². The van der Waals surface area contributed by atoms with Gasteiger partial charge in [0.25, 0.3) is 0 Å². The minimum atomic E-state index is -3.63. The van der Waals surface area contributed by atoms with E-state index in [1.807, 2.05) is 37.3 Å². The van der Waals surface area contributed by atoms with Crippen molar-refractivity contribution in [3.05, 3.63) is 64.1 Å². The van der Waals surface area contributed by atoms with E-state index in [0.29, 0.717) is 19.8 Å². The molecule has 3 rings (SSSR count). The summed E-state index contributed by atoms with van der Waals surface area (Å²) in [4.78, 5) is 2.51. The molecule has 0 aliphatic carbocycles. The summed E-state index contributed by atoms with van der Waals surface area (Å²) >= 11 is 3.42. The molecule has 1 heterocycles. The van der Waals surface area contributed by atoms with Crippen LogP contribution in [0.4, 0.5) is 0 Å². The van der Waals surface area contributed by atoms with Gasteiger partial charge in [-0.2, -0.15) is 0 Å². The molecule has 1 unspecified atom stereocenters. The summed E-state index contributed by atoms with van der Waals surface area (Å²) in [6.07, 6.45) is 0. The van der Waals surface area contributed by atoms with E-state index in [9.17, 15) is 8.42 Å². The SMILES string of the molecule is Cc1cc(S(=O)(=O)NC(CN2CCOCC2)c2ccccc2)ccc1Br.Cl. The fraction of sp³-hybridized carbons (Fsp3) is 0.368. The number of halogens is 2. The molecular weight excluding hydrogens is 452 g/mol. The Bertz CT molecular complexity index is 843. The number of ether oxygens (including phenoxy) is 1. The fourth-order valence-corrected chi connectivity index (χ4v) is 4.52. The van der Waals surface area contributed by atoms with Crippen LogP contribution in [0.1, 0.15) is 17.2 Å². The van der Waals surface area contributed by atoms with Gasteiger partial charge >= 0.3 is 0 Å². The van der Waals surface area contributed by atoms with Gasteiger partial charge in [0.1, 0.15) is 0 Å². The predicted molar refractivity (Wildman–Crippen MR) is 113 cm³/mol. The Hall–Kier alpha value is -0.960. The standard InChI is InChI=1S/C19H23BrN2O3S.ClH/c1-15-13-17(7-8-18(15)20)26(23,24)21-19(16-5-3-2-4-6-16)14-22-9-11-25-12-10-22;/h2-8,13,19,21H,9-12,14H2,1H3;1H. The van der Waals surface area contributed by atoms with Gasteiger partial charge in [-0.3, -0.25) is 4.90 Å². The van der Waals surface area contributed by atoms with Gasteiger partial charge in [-0.05, 0) is 36.2 Å². The number of hydrogen-bond donors (Lipinski definition) is 1. The number of hydrogen-bond acceptors (Lipinski definition) is 4. The van der Waals surface area contributed by atoms with E-state index >= 15 is 0 Å². The molecule has 1 atom stereocenters. The summed E-state index contributed by atoms with van der Waals surface area (Å²) in [6, 6.07) is 14.5. The Morgan fingerprint density at radius 1 is 1.15 bits per heavy atom. The van der Waals surface area contributed by atoms with E-state index in [1.54, 1.807) is 18.2 Å². The lowest BCUT2D eigenvalue weighted by Crippen LogP contribution is -2.43. The van der Waals surface area contributed by atoms with E-state index in [2.05, 4.69) is 25.6 Å². The Balaban J connectivity index is 0.00000261. The van der Waals surface area contributed by atoms with E-state index in [1.165, 1.54) is 0 Å². The first-order valence-electron chi connectivity index (χ1n) is 8.59. The highest BCUT2D eigenvalue weighted by Crippen LogP contribution is 2.23. The van der Waals surface area contributed by atoms with Gasteiger partial charge in [-0.1, -0.05) is 46.3 Å². The molecule has 2 aromatic rings. The van der Waals surface area contributed by atoms with Crippen molar-refractivity contribution < 1.29 is 13.2 Å². The van der Waals surface area contributed by atoms with Crippen LogP contribution in [0.2, 0.25) is 0 Å². The smallest absolute Gasteiger partial charge is 0.241 e. The quantitative estimate of drug-likeness (QED) is 0.694. The largest absolute Gasteiger partial charge is 0.379 e. The second kappa shape index (κ2) is 10.0. The van der Waals surface area contributed by atoms with Crippen LogP contribution in [0.3, 0.4) is 0 Å². The number of rotatable bonds is 6. The van der Waals surface area contributed by atoms with Gasteiger partial charge in [0.2, 0.25) is 10.0 Å². The molecule has 1 N–H and O–H groups in total. The Kier molecular flexibility index (Phi) is 8.27. The molecule has 0 saturated carbocycles. The molecule has 1 aliphatic heterocycles. The highest BCUT2D eigenvalue weighted by molar-refractivity contribution is 9.10. The first-order chi connectivity index (χ1) is 12.5. The van der Waals surface area contributed by atoms with Gasteiger partial charge in [0, 0.05) is 24.1 Å². The first kappa shape index (κ1) is 22.3. The van der Waals surface area contributed by atoms with Crippen LogP contribution in [0, 0.1) is 6.92 Å². The van der Waals surface area contributed by atoms with Crippen LogP contribution >= 0.6 is 28.3 Å². The number of benzene rings is 2. The Labute approximate surface area is 175 Å². The first-order valence-corrected chi connectivity index (χ1v) is 10.9. The van der Waals surface area contributed by atoms with Crippen LogP contribution in [0.15, 0.2) is 57.9 Å². The molecule has 2 aromatic carbocycles. The minimum absolute atomic E-state index is 0. The van der Waals surface area contributed by atoms with Gasteiger partial charge in [-0.25, -0.2) is 13.1 Å². The van der Waals surface area contributed by atoms with Crippen LogP contribution in [0.25, 0.3) is 0 Å². The monoisotopic (exact) mass is 474 g/mol. The summed E-state index contributed by atoms with van der Waals surface area (Å²) < 4.78 is 35.1. The maximum atomic E-state index is 13.0. The number of nitrogens with one attached hydrogen (secondary N) is 1. The zero-order valence-electron chi connectivity index (χ0n) is 15.1. The van der Waals surface area contributed by atoms with Gasteiger partial charge < -0.3 is 4.74 Å². The lowest BCUT2D eigenvalue weighted by molar-refractivity contribution is 0.0345. The fourth-order valence-electron chi connectivity index (χ4n) is 2.98. The molecule has 0 spiro atoms. The van der Waals surface area contributed by atoms with E-state index in [4.69, 9.17) is 4.74 Å². The molecule has 1 aliphatic rings. The average Bonchev–Trinajstić information content (AvgIpc) is 2.65. The summed E-state index contributed by atoms with van der Waals surface area (Å²) in [7, 11) is -3.63. The van der Waals surface area contributed by atoms with Crippen molar-refractivity contribution in [1.29, 1.82) is 0 Å². The zero-order valence-corrected chi connectivity index (χ0v) is 18.3. The summed E-state index contributed by atoms with van der Waals surface area (Å²) in [5.41, 5.74) is 1.84. The van der Waals surface area contributed by atoms with Gasteiger partial charge in [-0.15, -0.1) is 12.4 Å². The van der Waals surface area contributed by atoms with Crippen molar-refractivity contribution in [2.24, 2.45) is 0 Å². The van der Waals surface area contributed by atoms with Crippen LogP contribution in [-0.4, -0.2) is 46.2 Å². The Morgan fingerprint density at radius 3 is 2.44 bits per heavy atom. The second-order valence-corrected chi connectivity index (χ2v) is 8.98. The van der Waals surface area contributed by atoms with Gasteiger partial charge in [0.15, 0.2) is 0 Å². The molecular formula is C19H24BrClN2O3S. The second-order valence-electron chi connectivity index (χ2n) is 6.41. The number of sulfonamides is 1. The predicted octanol–water partition coefficient (Wildman–Crippen LogP) is 3.53. The minimum Gasteiger partial charge on any atom is -0.379 e. The van der Waals surface area contributed by atoms with Crippen LogP contribution in [-0.2, 0) is 14.8 Å². The number of morpholine rings is 1. The Morgan fingerprint density at radius 2 is 1.81 bits per heavy atom. The van der Waals surface area contributed by atoms with Crippen LogP contribution < -0.4 is 4.72 Å². The molecule has 1 fully saturated rings. The zero-order chi connectivity index (χ0) is 18.6. The highest BCUT2D eigenvalue weighted by atomic mass is 79.9. The van der Waals surface area contributed by atoms with E-state index in [-0.39, 0.29) is 23.3 Å². The highest BCUT2D eigenvalue weighted by Gasteiger charge is 2.24. The third kappa shape index (κ3) is 6.01. The number of nitrogens with zero attached hydrogens (tertiary/aromatic N) is 1. The van der Waals surface area contributed by atoms with Crippen molar-refractivity contribution in [3.63, 3.8) is 0 Å².